The summed E-state index contributed by atoms with van der Waals surface area (Å²) >= 11 is 0. The number of aromatic nitrogens is 2. The molecule has 0 bridgehead atoms. The quantitative estimate of drug-likeness (QED) is 0.569. The standard InChI is InChI=1S/C16H13N3O2/c20-14(11-6-2-1-3-7-11)10-15(21)17-16-12-8-4-5-9-13(12)18-19-16/h1-9H,10H2,(H2,17,18,19,21). The van der Waals surface area contributed by atoms with E-state index in [0.717, 1.165) is 10.9 Å². The second-order valence-electron chi connectivity index (χ2n) is 4.63. The monoisotopic (exact) mass is 279 g/mol. The normalized spacial score (nSPS) is 10.5. The van der Waals surface area contributed by atoms with E-state index in [4.69, 9.17) is 0 Å². The Balaban J connectivity index is 1.71. The first-order valence-electron chi connectivity index (χ1n) is 6.55. The minimum absolute atomic E-state index is 0.203. The van der Waals surface area contributed by atoms with Gasteiger partial charge in [0.15, 0.2) is 11.6 Å². The molecule has 104 valence electrons. The molecule has 1 heterocycles. The number of anilines is 1. The van der Waals surface area contributed by atoms with Gasteiger partial charge in [-0.3, -0.25) is 14.7 Å². The van der Waals surface area contributed by atoms with Gasteiger partial charge in [-0.2, -0.15) is 5.10 Å². The number of ketones is 1. The maximum Gasteiger partial charge on any atom is 0.233 e. The SMILES string of the molecule is O=C(CC(=O)c1ccccc1)Nc1n[nH]c2ccccc12. The number of fused-ring (bicyclic) bond motifs is 1. The second kappa shape index (κ2) is 5.58. The number of hydrogen-bond acceptors (Lipinski definition) is 3. The molecule has 0 atom stereocenters. The van der Waals surface area contributed by atoms with Gasteiger partial charge in [-0.05, 0) is 12.1 Å². The molecule has 5 nitrogen and oxygen atoms in total. The summed E-state index contributed by atoms with van der Waals surface area (Å²) in [5, 5.41) is 10.4. The Morgan fingerprint density at radius 3 is 2.52 bits per heavy atom. The van der Waals surface area contributed by atoms with Crippen LogP contribution in [0, 0.1) is 0 Å². The molecule has 0 aliphatic heterocycles. The molecule has 3 aromatic rings. The van der Waals surface area contributed by atoms with E-state index in [2.05, 4.69) is 15.5 Å². The molecular weight excluding hydrogens is 266 g/mol. The average Bonchev–Trinajstić information content (AvgIpc) is 2.91. The van der Waals surface area contributed by atoms with Crippen molar-refractivity contribution in [3.63, 3.8) is 0 Å². The summed E-state index contributed by atoms with van der Waals surface area (Å²) in [4.78, 5) is 23.9. The smallest absolute Gasteiger partial charge is 0.233 e. The summed E-state index contributed by atoms with van der Waals surface area (Å²) < 4.78 is 0. The molecule has 2 aromatic carbocycles. The molecular formula is C16H13N3O2. The van der Waals surface area contributed by atoms with Crippen LogP contribution in [0.4, 0.5) is 5.82 Å². The number of carbonyl (C=O) groups is 2. The number of aromatic amines is 1. The number of hydrogen-bond donors (Lipinski definition) is 2. The largest absolute Gasteiger partial charge is 0.308 e. The number of carbonyl (C=O) groups excluding carboxylic acids is 2. The fraction of sp³-hybridized carbons (Fsp3) is 0.0625. The minimum atomic E-state index is -0.374. The summed E-state index contributed by atoms with van der Waals surface area (Å²) in [5.74, 6) is -0.148. The lowest BCUT2D eigenvalue weighted by Crippen LogP contribution is -2.16. The van der Waals surface area contributed by atoms with Crippen molar-refractivity contribution in [2.45, 2.75) is 6.42 Å². The molecule has 5 heteroatoms. The highest BCUT2D eigenvalue weighted by atomic mass is 16.2. The van der Waals surface area contributed by atoms with Gasteiger partial charge in [-0.25, -0.2) is 0 Å². The number of H-pyrrole nitrogens is 1. The van der Waals surface area contributed by atoms with Gasteiger partial charge in [0.1, 0.15) is 0 Å². The van der Waals surface area contributed by atoms with Crippen molar-refractivity contribution in [1.29, 1.82) is 0 Å². The lowest BCUT2D eigenvalue weighted by Gasteiger charge is -2.02. The Bertz CT molecular complexity index is 793. The topological polar surface area (TPSA) is 74.8 Å². The van der Waals surface area contributed by atoms with E-state index in [0.29, 0.717) is 11.4 Å². The Kier molecular flexibility index (Phi) is 3.47. The first-order chi connectivity index (χ1) is 10.2. The van der Waals surface area contributed by atoms with Crippen LogP contribution in [0.1, 0.15) is 16.8 Å². The third-order valence-electron chi connectivity index (χ3n) is 3.15. The van der Waals surface area contributed by atoms with E-state index >= 15 is 0 Å². The number of Topliss-reactive ketones (excluding diaryl/α,β-unsaturated/α-hetero) is 1. The number of nitrogens with zero attached hydrogens (tertiary/aromatic N) is 1. The zero-order valence-corrected chi connectivity index (χ0v) is 11.2. The fourth-order valence-electron chi connectivity index (χ4n) is 2.11. The molecule has 0 aliphatic rings. The molecule has 1 amide bonds. The number of para-hydroxylation sites is 1. The van der Waals surface area contributed by atoms with Gasteiger partial charge >= 0.3 is 0 Å². The molecule has 3 rings (SSSR count). The van der Waals surface area contributed by atoms with E-state index < -0.39 is 0 Å². The van der Waals surface area contributed by atoms with Crippen molar-refractivity contribution in [3.8, 4) is 0 Å². The molecule has 0 unspecified atom stereocenters. The zero-order valence-electron chi connectivity index (χ0n) is 11.2. The van der Waals surface area contributed by atoms with Crippen molar-refractivity contribution in [2.75, 3.05) is 5.32 Å². The van der Waals surface area contributed by atoms with Gasteiger partial charge in [0.2, 0.25) is 5.91 Å². The second-order valence-corrected chi connectivity index (χ2v) is 4.63. The van der Waals surface area contributed by atoms with Crippen LogP contribution in [0.5, 0.6) is 0 Å². The number of rotatable bonds is 4. The molecule has 0 radical (unpaired) electrons. The van der Waals surface area contributed by atoms with Crippen molar-refractivity contribution in [2.24, 2.45) is 0 Å². The molecule has 0 saturated carbocycles. The molecule has 0 saturated heterocycles. The van der Waals surface area contributed by atoms with Crippen molar-refractivity contribution < 1.29 is 9.59 Å². The predicted molar refractivity (Wildman–Crippen MR) is 80.1 cm³/mol. The van der Waals surface area contributed by atoms with Crippen molar-refractivity contribution in [3.05, 3.63) is 60.2 Å². The Hall–Kier alpha value is -2.95. The van der Waals surface area contributed by atoms with Gasteiger partial charge in [-0.1, -0.05) is 42.5 Å². The third-order valence-corrected chi connectivity index (χ3v) is 3.15. The maximum atomic E-state index is 12.0. The summed E-state index contributed by atoms with van der Waals surface area (Å²) in [5.41, 5.74) is 1.36. The van der Waals surface area contributed by atoms with Crippen molar-refractivity contribution in [1.82, 2.24) is 10.2 Å². The van der Waals surface area contributed by atoms with Crippen LogP contribution in [-0.2, 0) is 4.79 Å². The van der Waals surface area contributed by atoms with Crippen LogP contribution in [-0.4, -0.2) is 21.9 Å². The number of amides is 1. The molecule has 21 heavy (non-hydrogen) atoms. The van der Waals surface area contributed by atoms with Crippen LogP contribution >= 0.6 is 0 Å². The lowest BCUT2D eigenvalue weighted by molar-refractivity contribution is -0.115. The van der Waals surface area contributed by atoms with E-state index in [1.807, 2.05) is 30.3 Å². The highest BCUT2D eigenvalue weighted by molar-refractivity contribution is 6.12. The third kappa shape index (κ3) is 2.81. The molecule has 0 spiro atoms. The number of benzene rings is 2. The first kappa shape index (κ1) is 13.1. The van der Waals surface area contributed by atoms with Gasteiger partial charge in [-0.15, -0.1) is 0 Å². The Labute approximate surface area is 121 Å². The van der Waals surface area contributed by atoms with Crippen LogP contribution in [0.25, 0.3) is 10.9 Å². The van der Waals surface area contributed by atoms with Crippen LogP contribution in [0.15, 0.2) is 54.6 Å². The molecule has 0 fully saturated rings. The lowest BCUT2D eigenvalue weighted by atomic mass is 10.1. The van der Waals surface area contributed by atoms with Gasteiger partial charge < -0.3 is 5.32 Å². The van der Waals surface area contributed by atoms with E-state index in [1.54, 1.807) is 24.3 Å². The highest BCUT2D eigenvalue weighted by Gasteiger charge is 2.14. The predicted octanol–water partition coefficient (Wildman–Crippen LogP) is 2.77. The van der Waals surface area contributed by atoms with Gasteiger partial charge in [0, 0.05) is 10.9 Å². The molecule has 2 N–H and O–H groups in total. The van der Waals surface area contributed by atoms with Crippen LogP contribution < -0.4 is 5.32 Å². The van der Waals surface area contributed by atoms with E-state index in [1.165, 1.54) is 0 Å². The summed E-state index contributed by atoms with van der Waals surface area (Å²) in [6, 6.07) is 16.2. The Morgan fingerprint density at radius 1 is 1.00 bits per heavy atom. The summed E-state index contributed by atoms with van der Waals surface area (Å²) in [7, 11) is 0. The van der Waals surface area contributed by atoms with E-state index in [9.17, 15) is 9.59 Å². The Morgan fingerprint density at radius 2 is 1.71 bits per heavy atom. The van der Waals surface area contributed by atoms with Crippen LogP contribution in [0.2, 0.25) is 0 Å². The average molecular weight is 279 g/mol. The summed E-state index contributed by atoms with van der Waals surface area (Å²) in [6.07, 6.45) is -0.203. The van der Waals surface area contributed by atoms with Crippen LogP contribution in [0.3, 0.4) is 0 Å². The maximum absolute atomic E-state index is 12.0. The minimum Gasteiger partial charge on any atom is -0.308 e. The molecule has 1 aromatic heterocycles. The highest BCUT2D eigenvalue weighted by Crippen LogP contribution is 2.19. The van der Waals surface area contributed by atoms with Crippen molar-refractivity contribution >= 4 is 28.4 Å². The number of nitrogens with one attached hydrogen (secondary N) is 2. The van der Waals surface area contributed by atoms with Gasteiger partial charge in [0.25, 0.3) is 0 Å². The van der Waals surface area contributed by atoms with E-state index in [-0.39, 0.29) is 18.1 Å². The summed E-state index contributed by atoms with van der Waals surface area (Å²) in [6.45, 7) is 0. The molecule has 0 aliphatic carbocycles. The first-order valence-corrected chi connectivity index (χ1v) is 6.55. The fourth-order valence-corrected chi connectivity index (χ4v) is 2.11. The zero-order chi connectivity index (χ0) is 14.7. The van der Waals surface area contributed by atoms with Gasteiger partial charge in [0.05, 0.1) is 11.9 Å².